The van der Waals surface area contributed by atoms with Crippen LogP contribution in [0.4, 0.5) is 5.95 Å². The molecule has 1 aliphatic rings. The molecule has 0 spiro atoms. The van der Waals surface area contributed by atoms with E-state index >= 15 is 0 Å². The molecule has 0 radical (unpaired) electrons. The Morgan fingerprint density at radius 2 is 2.21 bits per heavy atom. The molecule has 8 nitrogen and oxygen atoms in total. The van der Waals surface area contributed by atoms with Crippen LogP contribution in [0.25, 0.3) is 0 Å². The molecule has 8 heteroatoms. The quantitative estimate of drug-likeness (QED) is 0.730. The number of nitrogens with zero attached hydrogens (tertiary/aromatic N) is 3. The van der Waals surface area contributed by atoms with Crippen LogP contribution in [0.15, 0.2) is 29.2 Å². The number of ether oxygens (including phenoxy) is 2. The number of benzene rings is 1. The minimum Gasteiger partial charge on any atom is -0.454 e. The van der Waals surface area contributed by atoms with Gasteiger partial charge in [0, 0.05) is 6.54 Å². The van der Waals surface area contributed by atoms with Gasteiger partial charge in [0.1, 0.15) is 6.20 Å². The molecular weight excluding hydrogens is 250 g/mol. The molecule has 0 bridgehead atoms. The van der Waals surface area contributed by atoms with Crippen LogP contribution in [0.5, 0.6) is 11.5 Å². The maximum absolute atomic E-state index is 11.3. The second kappa shape index (κ2) is 4.48. The number of nitrogens with one attached hydrogen (secondary N) is 1. The lowest BCUT2D eigenvalue weighted by Gasteiger charge is -2.08. The average Bonchev–Trinajstić information content (AvgIpc) is 2.88. The van der Waals surface area contributed by atoms with Crippen molar-refractivity contribution in [3.05, 3.63) is 40.3 Å². The van der Waals surface area contributed by atoms with E-state index in [4.69, 9.17) is 15.3 Å². The third kappa shape index (κ3) is 2.15. The van der Waals surface area contributed by atoms with Gasteiger partial charge in [0.25, 0.3) is 5.56 Å². The number of hydrogen-bond acceptors (Lipinski definition) is 7. The lowest BCUT2D eigenvalue weighted by Crippen LogP contribution is -2.30. The smallest absolute Gasteiger partial charge is 0.292 e. The van der Waals surface area contributed by atoms with Crippen molar-refractivity contribution in [1.82, 2.24) is 14.9 Å². The number of rotatable bonds is 3. The highest BCUT2D eigenvalue weighted by atomic mass is 16.7. The predicted molar refractivity (Wildman–Crippen MR) is 66.3 cm³/mol. The molecule has 0 atom stereocenters. The predicted octanol–water partition coefficient (Wildman–Crippen LogP) is -0.307. The zero-order chi connectivity index (χ0) is 13.2. The van der Waals surface area contributed by atoms with Gasteiger partial charge in [0.2, 0.25) is 12.7 Å². The van der Waals surface area contributed by atoms with Gasteiger partial charge >= 0.3 is 0 Å². The Morgan fingerprint density at radius 1 is 1.37 bits per heavy atom. The molecule has 1 aliphatic heterocycles. The van der Waals surface area contributed by atoms with Crippen LogP contribution >= 0.6 is 0 Å². The van der Waals surface area contributed by atoms with Crippen molar-refractivity contribution in [2.24, 2.45) is 0 Å². The topological polar surface area (TPSA) is 104 Å². The first-order valence-electron chi connectivity index (χ1n) is 5.56. The van der Waals surface area contributed by atoms with E-state index in [1.165, 1.54) is 0 Å². The fraction of sp³-hybridized carbons (Fsp3) is 0.182. The fourth-order valence-electron chi connectivity index (χ4n) is 1.70. The third-order valence-corrected chi connectivity index (χ3v) is 2.67. The standard InChI is InChI=1S/C11H11N5O3/c12-16-10(17)5-14-15-11(16)13-4-7-1-2-8-9(3-7)19-6-18-8/h1-3,5H,4,6,12H2,(H,13,15). The molecule has 0 fully saturated rings. The van der Waals surface area contributed by atoms with E-state index in [2.05, 4.69) is 15.5 Å². The molecule has 3 rings (SSSR count). The fourth-order valence-corrected chi connectivity index (χ4v) is 1.70. The Labute approximate surface area is 107 Å². The molecule has 0 saturated heterocycles. The van der Waals surface area contributed by atoms with Gasteiger partial charge in [-0.3, -0.25) is 4.79 Å². The van der Waals surface area contributed by atoms with E-state index in [9.17, 15) is 4.79 Å². The van der Waals surface area contributed by atoms with Gasteiger partial charge in [-0.15, -0.1) is 10.2 Å². The van der Waals surface area contributed by atoms with Crippen molar-refractivity contribution in [2.45, 2.75) is 6.54 Å². The summed E-state index contributed by atoms with van der Waals surface area (Å²) in [5, 5.41) is 10.2. The molecule has 0 unspecified atom stereocenters. The van der Waals surface area contributed by atoms with E-state index < -0.39 is 5.56 Å². The summed E-state index contributed by atoms with van der Waals surface area (Å²) in [6, 6.07) is 5.56. The average molecular weight is 261 g/mol. The van der Waals surface area contributed by atoms with Crippen molar-refractivity contribution in [1.29, 1.82) is 0 Å². The van der Waals surface area contributed by atoms with Crippen LogP contribution in [-0.2, 0) is 6.54 Å². The van der Waals surface area contributed by atoms with Crippen molar-refractivity contribution >= 4 is 5.95 Å². The molecule has 0 saturated carbocycles. The highest BCUT2D eigenvalue weighted by Gasteiger charge is 2.13. The summed E-state index contributed by atoms with van der Waals surface area (Å²) >= 11 is 0. The SMILES string of the molecule is Nn1c(NCc2ccc3c(c2)OCO3)nncc1=O. The Kier molecular flexibility index (Phi) is 2.67. The normalized spacial score (nSPS) is 12.4. The number of nitrogen functional groups attached to an aromatic ring is 1. The number of nitrogens with two attached hydrogens (primary N) is 1. The van der Waals surface area contributed by atoms with Crippen LogP contribution in [0.3, 0.4) is 0 Å². The molecule has 0 amide bonds. The van der Waals surface area contributed by atoms with Crippen molar-refractivity contribution < 1.29 is 9.47 Å². The van der Waals surface area contributed by atoms with Gasteiger partial charge in [-0.05, 0) is 17.7 Å². The molecule has 0 aliphatic carbocycles. The number of hydrogen-bond donors (Lipinski definition) is 2. The highest BCUT2D eigenvalue weighted by Crippen LogP contribution is 2.32. The zero-order valence-corrected chi connectivity index (χ0v) is 9.87. The van der Waals surface area contributed by atoms with Crippen molar-refractivity contribution in [3.8, 4) is 11.5 Å². The van der Waals surface area contributed by atoms with Crippen LogP contribution in [0.1, 0.15) is 5.56 Å². The Bertz CT molecular complexity index is 670. The van der Waals surface area contributed by atoms with Gasteiger partial charge in [0.15, 0.2) is 11.5 Å². The van der Waals surface area contributed by atoms with E-state index in [0.717, 1.165) is 22.2 Å². The van der Waals surface area contributed by atoms with Crippen LogP contribution in [0, 0.1) is 0 Å². The highest BCUT2D eigenvalue weighted by molar-refractivity contribution is 5.45. The van der Waals surface area contributed by atoms with Gasteiger partial charge < -0.3 is 20.6 Å². The summed E-state index contributed by atoms with van der Waals surface area (Å²) in [6.07, 6.45) is 1.05. The molecule has 2 aromatic rings. The second-order valence-electron chi connectivity index (χ2n) is 3.92. The summed E-state index contributed by atoms with van der Waals surface area (Å²) in [5.41, 5.74) is 0.519. The molecule has 3 N–H and O–H groups in total. The molecule has 19 heavy (non-hydrogen) atoms. The Balaban J connectivity index is 1.76. The monoisotopic (exact) mass is 261 g/mol. The van der Waals surface area contributed by atoms with E-state index in [1.807, 2.05) is 18.2 Å². The minimum absolute atomic E-state index is 0.199. The first-order valence-corrected chi connectivity index (χ1v) is 5.56. The van der Waals surface area contributed by atoms with Gasteiger partial charge in [-0.2, -0.15) is 4.68 Å². The van der Waals surface area contributed by atoms with Gasteiger partial charge in [-0.1, -0.05) is 6.07 Å². The summed E-state index contributed by atoms with van der Waals surface area (Å²) in [5.74, 6) is 7.15. The zero-order valence-electron chi connectivity index (χ0n) is 9.87. The van der Waals surface area contributed by atoms with Crippen molar-refractivity contribution in [2.75, 3.05) is 18.0 Å². The third-order valence-electron chi connectivity index (χ3n) is 2.67. The van der Waals surface area contributed by atoms with Crippen LogP contribution in [-0.4, -0.2) is 21.7 Å². The molecule has 98 valence electrons. The van der Waals surface area contributed by atoms with Crippen LogP contribution in [0.2, 0.25) is 0 Å². The second-order valence-corrected chi connectivity index (χ2v) is 3.92. The largest absolute Gasteiger partial charge is 0.454 e. The maximum atomic E-state index is 11.3. The Hall–Kier alpha value is -2.77. The van der Waals surface area contributed by atoms with Gasteiger partial charge in [-0.25, -0.2) is 0 Å². The molecule has 2 heterocycles. The first kappa shape index (κ1) is 11.3. The van der Waals surface area contributed by atoms with Crippen molar-refractivity contribution in [3.63, 3.8) is 0 Å². The molecule has 1 aromatic carbocycles. The minimum atomic E-state index is -0.428. The maximum Gasteiger partial charge on any atom is 0.292 e. The van der Waals surface area contributed by atoms with E-state index in [1.54, 1.807) is 0 Å². The van der Waals surface area contributed by atoms with Crippen LogP contribution < -0.4 is 26.2 Å². The summed E-state index contributed by atoms with van der Waals surface area (Å²) in [7, 11) is 0. The number of aromatic nitrogens is 3. The molecule has 1 aromatic heterocycles. The van der Waals surface area contributed by atoms with E-state index in [0.29, 0.717) is 12.3 Å². The van der Waals surface area contributed by atoms with E-state index in [-0.39, 0.29) is 12.7 Å². The summed E-state index contributed by atoms with van der Waals surface area (Å²) < 4.78 is 11.4. The number of anilines is 1. The summed E-state index contributed by atoms with van der Waals surface area (Å²) in [4.78, 5) is 11.3. The van der Waals surface area contributed by atoms with Gasteiger partial charge in [0.05, 0.1) is 0 Å². The Morgan fingerprint density at radius 3 is 3.11 bits per heavy atom. The summed E-state index contributed by atoms with van der Waals surface area (Å²) in [6.45, 7) is 0.671. The number of fused-ring (bicyclic) bond motifs is 1. The first-order chi connectivity index (χ1) is 9.24. The molecular formula is C11H11N5O3. The lowest BCUT2D eigenvalue weighted by molar-refractivity contribution is 0.174. The lowest BCUT2D eigenvalue weighted by atomic mass is 10.2.